The van der Waals surface area contributed by atoms with Crippen LogP contribution in [0, 0.1) is 0 Å². The van der Waals surface area contributed by atoms with Crippen LogP contribution in [0.3, 0.4) is 0 Å². The Morgan fingerprint density at radius 3 is 2.56 bits per heavy atom. The fraction of sp³-hybridized carbons (Fsp3) is 0.500. The number of pyridine rings is 1. The van der Waals surface area contributed by atoms with Crippen LogP contribution in [0.15, 0.2) is 22.8 Å². The molecule has 0 saturated heterocycles. The van der Waals surface area contributed by atoms with E-state index in [1.165, 1.54) is 0 Å². The summed E-state index contributed by atoms with van der Waals surface area (Å²) >= 11 is 3.25. The van der Waals surface area contributed by atoms with Crippen LogP contribution >= 0.6 is 15.9 Å². The number of alkyl halides is 3. The molecule has 1 aromatic rings. The molecule has 0 unspecified atom stereocenters. The standard InChI is InChI=1S/C10H12BrF3N2/c11-8-3-4-9(16-7-8)15-6-2-1-5-10(12,13)14/h3-4,7H,1-2,5-6H2,(H,15,16). The van der Waals surface area contributed by atoms with Crippen LogP contribution in [0.2, 0.25) is 0 Å². The Morgan fingerprint density at radius 2 is 2.00 bits per heavy atom. The second kappa shape index (κ2) is 6.08. The minimum Gasteiger partial charge on any atom is -0.370 e. The van der Waals surface area contributed by atoms with Gasteiger partial charge in [-0.15, -0.1) is 0 Å². The minimum absolute atomic E-state index is 0.146. The summed E-state index contributed by atoms with van der Waals surface area (Å²) in [6.45, 7) is 0.505. The van der Waals surface area contributed by atoms with Crippen molar-refractivity contribution in [2.75, 3.05) is 11.9 Å². The van der Waals surface area contributed by atoms with E-state index in [2.05, 4.69) is 26.2 Å². The number of nitrogens with one attached hydrogen (secondary N) is 1. The summed E-state index contributed by atoms with van der Waals surface area (Å²) in [5.41, 5.74) is 0. The Labute approximate surface area is 100 Å². The quantitative estimate of drug-likeness (QED) is 0.831. The Bertz CT molecular complexity index is 311. The monoisotopic (exact) mass is 296 g/mol. The van der Waals surface area contributed by atoms with Gasteiger partial charge in [0.25, 0.3) is 0 Å². The normalized spacial score (nSPS) is 11.5. The Morgan fingerprint density at radius 1 is 1.25 bits per heavy atom. The minimum atomic E-state index is -4.05. The molecule has 0 amide bonds. The average molecular weight is 297 g/mol. The number of hydrogen-bond donors (Lipinski definition) is 1. The molecule has 0 saturated carbocycles. The Hall–Kier alpha value is -0.780. The van der Waals surface area contributed by atoms with Crippen molar-refractivity contribution in [2.24, 2.45) is 0 Å². The van der Waals surface area contributed by atoms with E-state index in [0.29, 0.717) is 18.8 Å². The van der Waals surface area contributed by atoms with Gasteiger partial charge in [0.1, 0.15) is 5.82 Å². The van der Waals surface area contributed by atoms with Gasteiger partial charge in [0.05, 0.1) is 0 Å². The highest BCUT2D eigenvalue weighted by atomic mass is 79.9. The molecule has 1 heterocycles. The van der Waals surface area contributed by atoms with E-state index in [0.717, 1.165) is 4.47 Å². The van der Waals surface area contributed by atoms with Crippen LogP contribution in [0.5, 0.6) is 0 Å². The SMILES string of the molecule is FC(F)(F)CCCCNc1ccc(Br)cn1. The van der Waals surface area contributed by atoms with Gasteiger partial charge in [-0.1, -0.05) is 0 Å². The number of hydrogen-bond acceptors (Lipinski definition) is 2. The maximum absolute atomic E-state index is 11.8. The maximum Gasteiger partial charge on any atom is 0.389 e. The number of unbranched alkanes of at least 4 members (excludes halogenated alkanes) is 1. The van der Waals surface area contributed by atoms with Crippen molar-refractivity contribution in [3.05, 3.63) is 22.8 Å². The molecule has 0 bridgehead atoms. The second-order valence-corrected chi connectivity index (χ2v) is 4.28. The number of nitrogens with zero attached hydrogens (tertiary/aromatic N) is 1. The summed E-state index contributed by atoms with van der Waals surface area (Å²) in [7, 11) is 0. The maximum atomic E-state index is 11.8. The van der Waals surface area contributed by atoms with Gasteiger partial charge in [-0.05, 0) is 40.9 Å². The van der Waals surface area contributed by atoms with E-state index in [4.69, 9.17) is 0 Å². The van der Waals surface area contributed by atoms with Crippen LogP contribution < -0.4 is 5.32 Å². The highest BCUT2D eigenvalue weighted by Crippen LogP contribution is 2.22. The van der Waals surface area contributed by atoms with Crippen molar-refractivity contribution in [3.63, 3.8) is 0 Å². The van der Waals surface area contributed by atoms with Crippen molar-refractivity contribution in [3.8, 4) is 0 Å². The number of anilines is 1. The van der Waals surface area contributed by atoms with Crippen molar-refractivity contribution >= 4 is 21.7 Å². The van der Waals surface area contributed by atoms with E-state index in [1.54, 1.807) is 12.3 Å². The number of rotatable bonds is 5. The van der Waals surface area contributed by atoms with Crippen LogP contribution in [0.1, 0.15) is 19.3 Å². The van der Waals surface area contributed by atoms with E-state index in [9.17, 15) is 13.2 Å². The molecule has 1 N–H and O–H groups in total. The Balaban J connectivity index is 2.14. The molecule has 6 heteroatoms. The zero-order chi connectivity index (χ0) is 12.0. The first-order chi connectivity index (χ1) is 7.47. The van der Waals surface area contributed by atoms with Crippen molar-refractivity contribution in [2.45, 2.75) is 25.4 Å². The first kappa shape index (κ1) is 13.3. The van der Waals surface area contributed by atoms with E-state index in [1.807, 2.05) is 6.07 Å². The van der Waals surface area contributed by atoms with E-state index >= 15 is 0 Å². The van der Waals surface area contributed by atoms with Crippen LogP contribution in [-0.2, 0) is 0 Å². The molecule has 0 fully saturated rings. The highest BCUT2D eigenvalue weighted by molar-refractivity contribution is 9.10. The molecule has 1 rings (SSSR count). The predicted octanol–water partition coefficient (Wildman–Crippen LogP) is 3.99. The fourth-order valence-electron chi connectivity index (χ4n) is 1.15. The molecule has 16 heavy (non-hydrogen) atoms. The molecule has 0 aliphatic rings. The zero-order valence-electron chi connectivity index (χ0n) is 8.52. The lowest BCUT2D eigenvalue weighted by Gasteiger charge is -2.07. The third kappa shape index (κ3) is 5.95. The lowest BCUT2D eigenvalue weighted by molar-refractivity contribution is -0.135. The highest BCUT2D eigenvalue weighted by Gasteiger charge is 2.25. The Kier molecular flexibility index (Phi) is 5.05. The lowest BCUT2D eigenvalue weighted by Crippen LogP contribution is -2.09. The zero-order valence-corrected chi connectivity index (χ0v) is 10.1. The van der Waals surface area contributed by atoms with Crippen molar-refractivity contribution in [1.29, 1.82) is 0 Å². The first-order valence-electron chi connectivity index (χ1n) is 4.89. The second-order valence-electron chi connectivity index (χ2n) is 3.36. The van der Waals surface area contributed by atoms with E-state index < -0.39 is 12.6 Å². The predicted molar refractivity (Wildman–Crippen MR) is 60.3 cm³/mol. The molecule has 0 radical (unpaired) electrons. The van der Waals surface area contributed by atoms with Gasteiger partial charge in [-0.2, -0.15) is 13.2 Å². The van der Waals surface area contributed by atoms with Gasteiger partial charge in [-0.3, -0.25) is 0 Å². The number of aromatic nitrogens is 1. The fourth-order valence-corrected chi connectivity index (χ4v) is 1.38. The molecule has 0 atom stereocenters. The molecule has 0 aliphatic carbocycles. The molecule has 90 valence electrons. The van der Waals surface area contributed by atoms with Gasteiger partial charge in [0, 0.05) is 23.6 Å². The summed E-state index contributed by atoms with van der Waals surface area (Å²) in [6, 6.07) is 3.60. The van der Waals surface area contributed by atoms with Gasteiger partial charge in [0.2, 0.25) is 0 Å². The lowest BCUT2D eigenvalue weighted by atomic mass is 10.2. The van der Waals surface area contributed by atoms with Crippen LogP contribution in [-0.4, -0.2) is 17.7 Å². The summed E-state index contributed by atoms with van der Waals surface area (Å²) in [6.07, 6.45) is -2.50. The molecular formula is C10H12BrF3N2. The smallest absolute Gasteiger partial charge is 0.370 e. The molecule has 2 nitrogen and oxygen atoms in total. The molecular weight excluding hydrogens is 285 g/mol. The largest absolute Gasteiger partial charge is 0.389 e. The van der Waals surface area contributed by atoms with Crippen molar-refractivity contribution < 1.29 is 13.2 Å². The molecule has 0 aliphatic heterocycles. The number of halogens is 4. The van der Waals surface area contributed by atoms with Gasteiger partial charge in [-0.25, -0.2) is 4.98 Å². The first-order valence-corrected chi connectivity index (χ1v) is 5.69. The summed E-state index contributed by atoms with van der Waals surface area (Å²) < 4.78 is 36.3. The third-order valence-corrected chi connectivity index (χ3v) is 2.39. The topological polar surface area (TPSA) is 24.9 Å². The van der Waals surface area contributed by atoms with Crippen LogP contribution in [0.25, 0.3) is 0 Å². The van der Waals surface area contributed by atoms with Crippen LogP contribution in [0.4, 0.5) is 19.0 Å². The average Bonchev–Trinajstić information content (AvgIpc) is 2.19. The summed E-state index contributed by atoms with van der Waals surface area (Å²) in [4.78, 5) is 4.04. The molecule has 0 spiro atoms. The third-order valence-electron chi connectivity index (χ3n) is 1.92. The van der Waals surface area contributed by atoms with Gasteiger partial charge < -0.3 is 5.32 Å². The van der Waals surface area contributed by atoms with Crippen molar-refractivity contribution in [1.82, 2.24) is 4.98 Å². The summed E-state index contributed by atoms with van der Waals surface area (Å²) in [5, 5.41) is 2.96. The molecule has 0 aromatic carbocycles. The van der Waals surface area contributed by atoms with Gasteiger partial charge in [0.15, 0.2) is 0 Å². The van der Waals surface area contributed by atoms with E-state index in [-0.39, 0.29) is 6.42 Å². The molecule has 1 aromatic heterocycles. The van der Waals surface area contributed by atoms with Gasteiger partial charge >= 0.3 is 6.18 Å². The summed E-state index contributed by atoms with van der Waals surface area (Å²) in [5.74, 6) is 0.676.